The summed E-state index contributed by atoms with van der Waals surface area (Å²) in [4.78, 5) is 28.0. The van der Waals surface area contributed by atoms with E-state index in [-0.39, 0.29) is 18.4 Å². The fourth-order valence-corrected chi connectivity index (χ4v) is 2.47. The molecule has 0 atom stereocenters. The lowest BCUT2D eigenvalue weighted by molar-refractivity contribution is -0.120. The molecule has 2 aromatic carbocycles. The van der Waals surface area contributed by atoms with Gasteiger partial charge in [0.15, 0.2) is 0 Å². The summed E-state index contributed by atoms with van der Waals surface area (Å²) in [6.07, 6.45) is 3.36. The minimum atomic E-state index is -0.277. The number of nitrogens with zero attached hydrogens (tertiary/aromatic N) is 1. The van der Waals surface area contributed by atoms with Crippen LogP contribution < -0.4 is 10.6 Å². The van der Waals surface area contributed by atoms with Crippen molar-refractivity contribution in [1.29, 1.82) is 0 Å². The SMILES string of the molecule is O=C(CNC(=O)c1ccc(-c2ccccc2)cc1)NCc1cccnc1. The number of rotatable bonds is 6. The van der Waals surface area contributed by atoms with E-state index in [0.717, 1.165) is 16.7 Å². The van der Waals surface area contributed by atoms with Gasteiger partial charge < -0.3 is 10.6 Å². The second-order valence-corrected chi connectivity index (χ2v) is 5.76. The molecule has 2 amide bonds. The monoisotopic (exact) mass is 345 g/mol. The standard InChI is InChI=1S/C21H19N3O2/c25-20(23-14-16-5-4-12-22-13-16)15-24-21(26)19-10-8-18(9-11-19)17-6-2-1-3-7-17/h1-13H,14-15H2,(H,23,25)(H,24,26). The number of carbonyl (C=O) groups is 2. The molecule has 1 heterocycles. The average Bonchev–Trinajstić information content (AvgIpc) is 2.72. The lowest BCUT2D eigenvalue weighted by Crippen LogP contribution is -2.36. The largest absolute Gasteiger partial charge is 0.350 e. The van der Waals surface area contributed by atoms with Crippen LogP contribution in [0.4, 0.5) is 0 Å². The summed E-state index contributed by atoms with van der Waals surface area (Å²) in [5.41, 5.74) is 3.55. The van der Waals surface area contributed by atoms with E-state index in [4.69, 9.17) is 0 Å². The minimum Gasteiger partial charge on any atom is -0.350 e. The first kappa shape index (κ1) is 17.4. The van der Waals surface area contributed by atoms with Crippen LogP contribution in [0.2, 0.25) is 0 Å². The summed E-state index contributed by atoms with van der Waals surface area (Å²) in [5.74, 6) is -0.524. The van der Waals surface area contributed by atoms with Crippen molar-refractivity contribution >= 4 is 11.8 Å². The van der Waals surface area contributed by atoms with Crippen molar-refractivity contribution in [2.24, 2.45) is 0 Å². The second-order valence-electron chi connectivity index (χ2n) is 5.76. The van der Waals surface area contributed by atoms with Crippen LogP contribution in [0.1, 0.15) is 15.9 Å². The number of benzene rings is 2. The van der Waals surface area contributed by atoms with Crippen LogP contribution in [0.3, 0.4) is 0 Å². The molecular weight excluding hydrogens is 326 g/mol. The van der Waals surface area contributed by atoms with Crippen molar-refractivity contribution in [2.75, 3.05) is 6.54 Å². The van der Waals surface area contributed by atoms with Gasteiger partial charge in [-0.05, 0) is 34.9 Å². The molecular formula is C21H19N3O2. The van der Waals surface area contributed by atoms with Crippen molar-refractivity contribution in [1.82, 2.24) is 15.6 Å². The van der Waals surface area contributed by atoms with Crippen LogP contribution in [0.25, 0.3) is 11.1 Å². The van der Waals surface area contributed by atoms with Crippen LogP contribution >= 0.6 is 0 Å². The first-order valence-corrected chi connectivity index (χ1v) is 8.31. The van der Waals surface area contributed by atoms with Gasteiger partial charge in [-0.3, -0.25) is 14.6 Å². The Kier molecular flexibility index (Phi) is 5.72. The summed E-state index contributed by atoms with van der Waals surface area (Å²) in [6, 6.07) is 20.9. The Hall–Kier alpha value is -3.47. The molecule has 26 heavy (non-hydrogen) atoms. The van der Waals surface area contributed by atoms with Crippen LogP contribution in [-0.4, -0.2) is 23.3 Å². The molecule has 0 bridgehead atoms. The third-order valence-electron chi connectivity index (χ3n) is 3.88. The van der Waals surface area contributed by atoms with Crippen molar-refractivity contribution < 1.29 is 9.59 Å². The van der Waals surface area contributed by atoms with E-state index in [1.54, 1.807) is 24.5 Å². The maximum absolute atomic E-state index is 12.2. The summed E-state index contributed by atoms with van der Waals surface area (Å²) >= 11 is 0. The zero-order valence-electron chi connectivity index (χ0n) is 14.2. The predicted octanol–water partition coefficient (Wildman–Crippen LogP) is 2.79. The van der Waals surface area contributed by atoms with Gasteiger partial charge in [0.05, 0.1) is 6.54 Å². The van der Waals surface area contributed by atoms with Crippen LogP contribution in [0, 0.1) is 0 Å². The molecule has 3 rings (SSSR count). The molecule has 0 fully saturated rings. The fraction of sp³-hybridized carbons (Fsp3) is 0.0952. The molecule has 0 spiro atoms. The Balaban J connectivity index is 1.49. The molecule has 0 aliphatic rings. The van der Waals surface area contributed by atoms with Crippen LogP contribution in [0.5, 0.6) is 0 Å². The maximum atomic E-state index is 12.2. The average molecular weight is 345 g/mol. The van der Waals surface area contributed by atoms with Gasteiger partial charge in [0.25, 0.3) is 5.91 Å². The summed E-state index contributed by atoms with van der Waals surface area (Å²) in [6.45, 7) is 0.313. The Morgan fingerprint density at radius 1 is 0.808 bits per heavy atom. The Morgan fingerprint density at radius 2 is 1.54 bits per heavy atom. The first-order valence-electron chi connectivity index (χ1n) is 8.31. The van der Waals surface area contributed by atoms with E-state index < -0.39 is 0 Å². The topological polar surface area (TPSA) is 71.1 Å². The molecule has 0 saturated carbocycles. The molecule has 0 saturated heterocycles. The Bertz CT molecular complexity index is 863. The maximum Gasteiger partial charge on any atom is 0.251 e. The lowest BCUT2D eigenvalue weighted by Gasteiger charge is -2.08. The molecule has 5 heteroatoms. The zero-order chi connectivity index (χ0) is 18.2. The third-order valence-corrected chi connectivity index (χ3v) is 3.88. The highest BCUT2D eigenvalue weighted by atomic mass is 16.2. The summed E-state index contributed by atoms with van der Waals surface area (Å²) in [7, 11) is 0. The number of amides is 2. The molecule has 0 aliphatic carbocycles. The molecule has 0 aliphatic heterocycles. The summed E-state index contributed by atoms with van der Waals surface area (Å²) in [5, 5.41) is 5.37. The van der Waals surface area contributed by atoms with Gasteiger partial charge in [0, 0.05) is 24.5 Å². The normalized spacial score (nSPS) is 10.2. The Labute approximate surface area is 152 Å². The number of aromatic nitrogens is 1. The predicted molar refractivity (Wildman–Crippen MR) is 100 cm³/mol. The highest BCUT2D eigenvalue weighted by Gasteiger charge is 2.08. The summed E-state index contributed by atoms with van der Waals surface area (Å²) < 4.78 is 0. The molecule has 5 nitrogen and oxygen atoms in total. The molecule has 130 valence electrons. The van der Waals surface area contributed by atoms with Gasteiger partial charge in [0.1, 0.15) is 0 Å². The zero-order valence-corrected chi connectivity index (χ0v) is 14.2. The second kappa shape index (κ2) is 8.58. The van der Waals surface area contributed by atoms with E-state index in [1.807, 2.05) is 54.6 Å². The van der Waals surface area contributed by atoms with Gasteiger partial charge >= 0.3 is 0 Å². The van der Waals surface area contributed by atoms with Crippen molar-refractivity contribution in [3.8, 4) is 11.1 Å². The van der Waals surface area contributed by atoms with Crippen molar-refractivity contribution in [3.05, 3.63) is 90.3 Å². The molecule has 0 unspecified atom stereocenters. The third kappa shape index (κ3) is 4.77. The van der Waals surface area contributed by atoms with Crippen molar-refractivity contribution in [3.63, 3.8) is 0 Å². The Morgan fingerprint density at radius 3 is 2.23 bits per heavy atom. The molecule has 0 radical (unpaired) electrons. The smallest absolute Gasteiger partial charge is 0.251 e. The highest BCUT2D eigenvalue weighted by molar-refractivity contribution is 5.96. The van der Waals surface area contributed by atoms with E-state index in [2.05, 4.69) is 15.6 Å². The van der Waals surface area contributed by atoms with Gasteiger partial charge in [-0.1, -0.05) is 48.5 Å². The van der Waals surface area contributed by atoms with Gasteiger partial charge in [-0.25, -0.2) is 0 Å². The van der Waals surface area contributed by atoms with Crippen LogP contribution in [0.15, 0.2) is 79.1 Å². The molecule has 2 N–H and O–H groups in total. The van der Waals surface area contributed by atoms with Gasteiger partial charge in [-0.15, -0.1) is 0 Å². The van der Waals surface area contributed by atoms with E-state index in [1.165, 1.54) is 0 Å². The van der Waals surface area contributed by atoms with Crippen LogP contribution in [-0.2, 0) is 11.3 Å². The quantitative estimate of drug-likeness (QED) is 0.722. The van der Waals surface area contributed by atoms with Gasteiger partial charge in [0.2, 0.25) is 5.91 Å². The van der Waals surface area contributed by atoms with Gasteiger partial charge in [-0.2, -0.15) is 0 Å². The number of pyridine rings is 1. The number of carbonyl (C=O) groups excluding carboxylic acids is 2. The number of hydrogen-bond donors (Lipinski definition) is 2. The number of hydrogen-bond acceptors (Lipinski definition) is 3. The van der Waals surface area contributed by atoms with E-state index >= 15 is 0 Å². The minimum absolute atomic E-state index is 0.0699. The number of nitrogens with one attached hydrogen (secondary N) is 2. The lowest BCUT2D eigenvalue weighted by atomic mass is 10.0. The van der Waals surface area contributed by atoms with Crippen molar-refractivity contribution in [2.45, 2.75) is 6.54 Å². The fourth-order valence-electron chi connectivity index (χ4n) is 2.47. The van der Waals surface area contributed by atoms with E-state index in [9.17, 15) is 9.59 Å². The highest BCUT2D eigenvalue weighted by Crippen LogP contribution is 2.19. The van der Waals surface area contributed by atoms with E-state index in [0.29, 0.717) is 12.1 Å². The first-order chi connectivity index (χ1) is 12.7. The molecule has 1 aromatic heterocycles. The molecule has 3 aromatic rings.